The lowest BCUT2D eigenvalue weighted by Gasteiger charge is -2.32. The van der Waals surface area contributed by atoms with Crippen molar-refractivity contribution in [2.45, 2.75) is 64.6 Å². The van der Waals surface area contributed by atoms with E-state index in [-0.39, 0.29) is 29.1 Å². The smallest absolute Gasteiger partial charge is 0.264 e. The van der Waals surface area contributed by atoms with Gasteiger partial charge in [-0.25, -0.2) is 8.42 Å². The Morgan fingerprint density at radius 3 is 2.29 bits per heavy atom. The van der Waals surface area contributed by atoms with Gasteiger partial charge in [0.1, 0.15) is 18.3 Å². The Hall–Kier alpha value is -3.56. The lowest BCUT2D eigenvalue weighted by Crippen LogP contribution is -2.52. The van der Waals surface area contributed by atoms with Crippen LogP contribution in [-0.4, -0.2) is 50.9 Å². The molecule has 0 bridgehead atoms. The number of halogens is 1. The number of hydrogen-bond donors (Lipinski definition) is 1. The average molecular weight is 600 g/mol. The van der Waals surface area contributed by atoms with Gasteiger partial charge in [-0.3, -0.25) is 13.9 Å². The second kappa shape index (κ2) is 13.9. The van der Waals surface area contributed by atoms with E-state index in [9.17, 15) is 18.0 Å². The number of rotatable bonds is 12. The summed E-state index contributed by atoms with van der Waals surface area (Å²) in [5, 5.41) is 3.30. The molecule has 0 aliphatic heterocycles. The van der Waals surface area contributed by atoms with E-state index in [1.54, 1.807) is 56.5 Å². The number of aryl methyl sites for hydroxylation is 2. The van der Waals surface area contributed by atoms with Gasteiger partial charge >= 0.3 is 0 Å². The van der Waals surface area contributed by atoms with E-state index in [0.717, 1.165) is 27.4 Å². The fraction of sp³-hybridized carbons (Fsp3) is 0.355. The Kier molecular flexibility index (Phi) is 10.8. The van der Waals surface area contributed by atoms with Crippen LogP contribution in [0.5, 0.6) is 5.75 Å². The highest BCUT2D eigenvalue weighted by molar-refractivity contribution is 7.92. The van der Waals surface area contributed by atoms with E-state index in [0.29, 0.717) is 10.8 Å². The first-order valence-electron chi connectivity index (χ1n) is 13.5. The van der Waals surface area contributed by atoms with Gasteiger partial charge in [0.15, 0.2) is 0 Å². The van der Waals surface area contributed by atoms with Gasteiger partial charge in [-0.15, -0.1) is 0 Å². The highest BCUT2D eigenvalue weighted by atomic mass is 35.5. The van der Waals surface area contributed by atoms with Crippen molar-refractivity contribution < 1.29 is 22.7 Å². The molecule has 1 N–H and O–H groups in total. The molecule has 220 valence electrons. The van der Waals surface area contributed by atoms with Crippen LogP contribution in [-0.2, 0) is 26.2 Å². The summed E-state index contributed by atoms with van der Waals surface area (Å²) < 4.78 is 34.3. The van der Waals surface area contributed by atoms with Gasteiger partial charge in [-0.2, -0.15) is 0 Å². The fourth-order valence-electron chi connectivity index (χ4n) is 4.12. The van der Waals surface area contributed by atoms with Gasteiger partial charge in [0.25, 0.3) is 10.0 Å². The zero-order chi connectivity index (χ0) is 30.3. The SMILES string of the molecule is CC[C@@H](C)NC(=O)[C@H](C)N(Cc1cccc(OC)c1)C(=O)CN(c1ccc(C)c(Cl)c1)S(=O)(=O)c1ccc(C)cc1. The van der Waals surface area contributed by atoms with E-state index >= 15 is 0 Å². The minimum Gasteiger partial charge on any atom is -0.497 e. The number of nitrogens with zero attached hydrogens (tertiary/aromatic N) is 2. The number of carbonyl (C=O) groups is 2. The lowest BCUT2D eigenvalue weighted by molar-refractivity contribution is -0.139. The molecule has 2 amide bonds. The molecule has 41 heavy (non-hydrogen) atoms. The Morgan fingerprint density at radius 2 is 1.68 bits per heavy atom. The monoisotopic (exact) mass is 599 g/mol. The van der Waals surface area contributed by atoms with Gasteiger partial charge in [-0.05, 0) is 81.6 Å². The normalized spacial score (nSPS) is 12.8. The first-order chi connectivity index (χ1) is 19.4. The number of carbonyl (C=O) groups excluding carboxylic acids is 2. The molecule has 0 unspecified atom stereocenters. The standard InChI is InChI=1S/C31H38ClN3O5S/c1-7-23(4)33-31(37)24(5)34(19-25-9-8-10-27(17-25)40-6)30(36)20-35(26-14-13-22(3)29(32)18-26)41(38,39)28-15-11-21(2)12-16-28/h8-18,23-24H,7,19-20H2,1-6H3,(H,33,37)/t23-,24+/m1/s1. The molecule has 0 aliphatic rings. The summed E-state index contributed by atoms with van der Waals surface area (Å²) in [6, 6.07) is 17.5. The number of amides is 2. The number of sulfonamides is 1. The molecule has 0 saturated heterocycles. The van der Waals surface area contributed by atoms with Crippen molar-refractivity contribution >= 4 is 39.1 Å². The average Bonchev–Trinajstić information content (AvgIpc) is 2.95. The third-order valence-corrected chi connectivity index (χ3v) is 9.18. The third kappa shape index (κ3) is 8.01. The quantitative estimate of drug-likeness (QED) is 0.297. The number of benzene rings is 3. The second-order valence-corrected chi connectivity index (χ2v) is 12.4. The number of ether oxygens (including phenoxy) is 1. The molecule has 10 heteroatoms. The number of anilines is 1. The van der Waals surface area contributed by atoms with Crippen molar-refractivity contribution in [3.63, 3.8) is 0 Å². The highest BCUT2D eigenvalue weighted by Crippen LogP contribution is 2.29. The summed E-state index contributed by atoms with van der Waals surface area (Å²) in [7, 11) is -2.63. The van der Waals surface area contributed by atoms with Gasteiger partial charge in [0, 0.05) is 17.6 Å². The summed E-state index contributed by atoms with van der Waals surface area (Å²) in [6.45, 7) is 8.67. The highest BCUT2D eigenvalue weighted by Gasteiger charge is 2.33. The topological polar surface area (TPSA) is 96.0 Å². The molecular formula is C31H38ClN3O5S. The summed E-state index contributed by atoms with van der Waals surface area (Å²) in [4.78, 5) is 28.7. The molecular weight excluding hydrogens is 562 g/mol. The molecule has 3 aromatic carbocycles. The van der Waals surface area contributed by atoms with Crippen LogP contribution in [0.15, 0.2) is 71.6 Å². The van der Waals surface area contributed by atoms with Crippen molar-refractivity contribution in [3.05, 3.63) is 88.4 Å². The zero-order valence-corrected chi connectivity index (χ0v) is 25.9. The van der Waals surface area contributed by atoms with Crippen LogP contribution in [0.25, 0.3) is 0 Å². The van der Waals surface area contributed by atoms with Gasteiger partial charge in [0.2, 0.25) is 11.8 Å². The van der Waals surface area contributed by atoms with Gasteiger partial charge < -0.3 is 15.0 Å². The maximum atomic E-state index is 14.0. The third-order valence-electron chi connectivity index (χ3n) is 6.99. The van der Waals surface area contributed by atoms with Crippen molar-refractivity contribution in [1.29, 1.82) is 0 Å². The summed E-state index contributed by atoms with van der Waals surface area (Å²) in [6.07, 6.45) is 0.721. The summed E-state index contributed by atoms with van der Waals surface area (Å²) >= 11 is 6.38. The maximum Gasteiger partial charge on any atom is 0.264 e. The van der Waals surface area contributed by atoms with E-state index in [4.69, 9.17) is 16.3 Å². The minimum absolute atomic E-state index is 0.0366. The molecule has 0 saturated carbocycles. The van der Waals surface area contributed by atoms with Crippen LogP contribution in [0.2, 0.25) is 5.02 Å². The lowest BCUT2D eigenvalue weighted by atomic mass is 10.1. The van der Waals surface area contributed by atoms with Crippen LogP contribution in [0, 0.1) is 13.8 Å². The Bertz CT molecular complexity index is 1480. The molecule has 3 aromatic rings. The van der Waals surface area contributed by atoms with Crippen LogP contribution in [0.3, 0.4) is 0 Å². The molecule has 0 radical (unpaired) electrons. The van der Waals surface area contributed by atoms with E-state index in [2.05, 4.69) is 5.32 Å². The van der Waals surface area contributed by atoms with E-state index in [1.807, 2.05) is 33.8 Å². The Balaban J connectivity index is 2.06. The molecule has 8 nitrogen and oxygen atoms in total. The molecule has 0 aliphatic carbocycles. The maximum absolute atomic E-state index is 14.0. The molecule has 3 rings (SSSR count). The van der Waals surface area contributed by atoms with Crippen LogP contribution >= 0.6 is 11.6 Å². The summed E-state index contributed by atoms with van der Waals surface area (Å²) in [5.41, 5.74) is 2.64. The first-order valence-corrected chi connectivity index (χ1v) is 15.3. The molecule has 2 atom stereocenters. The van der Waals surface area contributed by atoms with Crippen LogP contribution < -0.4 is 14.4 Å². The molecule has 0 fully saturated rings. The van der Waals surface area contributed by atoms with E-state index < -0.39 is 28.5 Å². The van der Waals surface area contributed by atoms with Crippen molar-refractivity contribution in [2.75, 3.05) is 18.0 Å². The van der Waals surface area contributed by atoms with Crippen LogP contribution in [0.1, 0.15) is 43.9 Å². The van der Waals surface area contributed by atoms with Gasteiger partial charge in [-0.1, -0.05) is 54.4 Å². The van der Waals surface area contributed by atoms with Gasteiger partial charge in [0.05, 0.1) is 17.7 Å². The zero-order valence-electron chi connectivity index (χ0n) is 24.3. The summed E-state index contributed by atoms with van der Waals surface area (Å²) in [5.74, 6) is -0.279. The van der Waals surface area contributed by atoms with Crippen LogP contribution in [0.4, 0.5) is 5.69 Å². The predicted molar refractivity (Wildman–Crippen MR) is 163 cm³/mol. The molecule has 0 spiro atoms. The largest absolute Gasteiger partial charge is 0.497 e. The fourth-order valence-corrected chi connectivity index (χ4v) is 5.70. The Morgan fingerprint density at radius 1 is 1.00 bits per heavy atom. The van der Waals surface area contributed by atoms with Crippen molar-refractivity contribution in [2.24, 2.45) is 0 Å². The predicted octanol–water partition coefficient (Wildman–Crippen LogP) is 5.49. The number of methoxy groups -OCH3 is 1. The number of nitrogens with one attached hydrogen (secondary N) is 1. The van der Waals surface area contributed by atoms with Crippen molar-refractivity contribution in [1.82, 2.24) is 10.2 Å². The number of hydrogen-bond acceptors (Lipinski definition) is 5. The first kappa shape index (κ1) is 32.0. The Labute approximate surface area is 248 Å². The minimum atomic E-state index is -4.17. The molecule has 0 aromatic heterocycles. The molecule has 0 heterocycles. The van der Waals surface area contributed by atoms with Crippen molar-refractivity contribution in [3.8, 4) is 5.75 Å². The van der Waals surface area contributed by atoms with E-state index in [1.165, 1.54) is 23.1 Å². The second-order valence-electron chi connectivity index (χ2n) is 10.1.